The van der Waals surface area contributed by atoms with Crippen LogP contribution in [0.2, 0.25) is 0 Å². The number of benzene rings is 2. The smallest absolute Gasteiger partial charge is 0.336 e. The van der Waals surface area contributed by atoms with Crippen LogP contribution < -0.4 is 10.4 Å². The van der Waals surface area contributed by atoms with E-state index in [9.17, 15) is 19.8 Å². The monoisotopic (exact) mass is 422 g/mol. The number of aromatic hydroxyl groups is 1. The lowest BCUT2D eigenvalue weighted by molar-refractivity contribution is -0.0406. The van der Waals surface area contributed by atoms with Crippen LogP contribution in [0.15, 0.2) is 45.6 Å². The number of rotatable bonds is 4. The van der Waals surface area contributed by atoms with Gasteiger partial charge in [-0.3, -0.25) is 4.79 Å². The molecule has 2 atom stereocenters. The first-order valence-corrected chi connectivity index (χ1v) is 10.5. The van der Waals surface area contributed by atoms with Crippen molar-refractivity contribution in [2.45, 2.75) is 52.2 Å². The Kier molecular flexibility index (Phi) is 5.13. The van der Waals surface area contributed by atoms with Gasteiger partial charge in [0.2, 0.25) is 0 Å². The highest BCUT2D eigenvalue weighted by Crippen LogP contribution is 2.49. The lowest BCUT2D eigenvalue weighted by Crippen LogP contribution is -2.46. The number of carbonyl (C=O) groups is 1. The summed E-state index contributed by atoms with van der Waals surface area (Å²) in [5, 5.41) is 22.2. The van der Waals surface area contributed by atoms with Gasteiger partial charge in [-0.25, -0.2) is 4.79 Å². The number of phenols is 1. The minimum atomic E-state index is -0.932. The van der Waals surface area contributed by atoms with Gasteiger partial charge < -0.3 is 19.4 Å². The van der Waals surface area contributed by atoms with Crippen molar-refractivity contribution in [2.24, 2.45) is 5.92 Å². The van der Waals surface area contributed by atoms with Gasteiger partial charge in [-0.05, 0) is 25.8 Å². The number of Topliss-reactive ketones (excluding diaryl/α,β-unsaturated/α-hetero) is 1. The summed E-state index contributed by atoms with van der Waals surface area (Å²) in [7, 11) is 0. The molecule has 0 fully saturated rings. The molecular formula is C25H26O6. The Labute approximate surface area is 180 Å². The molecule has 0 bridgehead atoms. The van der Waals surface area contributed by atoms with E-state index < -0.39 is 17.3 Å². The maximum absolute atomic E-state index is 13.2. The molecule has 0 amide bonds. The average molecular weight is 422 g/mol. The molecule has 3 aromatic rings. The molecule has 6 nitrogen and oxygen atoms in total. The maximum atomic E-state index is 13.2. The lowest BCUT2D eigenvalue weighted by atomic mass is 9.84. The summed E-state index contributed by atoms with van der Waals surface area (Å²) in [6.45, 7) is 7.15. The van der Waals surface area contributed by atoms with Crippen LogP contribution in [0.4, 0.5) is 0 Å². The van der Waals surface area contributed by atoms with Crippen LogP contribution in [-0.2, 0) is 6.42 Å². The Morgan fingerprint density at radius 3 is 2.58 bits per heavy atom. The third-order valence-electron chi connectivity index (χ3n) is 6.17. The van der Waals surface area contributed by atoms with Gasteiger partial charge in [0.05, 0.1) is 11.5 Å². The summed E-state index contributed by atoms with van der Waals surface area (Å²) >= 11 is 0. The van der Waals surface area contributed by atoms with Gasteiger partial charge in [0.25, 0.3) is 0 Å². The summed E-state index contributed by atoms with van der Waals surface area (Å²) in [6, 6.07) is 10.6. The van der Waals surface area contributed by atoms with Crippen LogP contribution in [0.5, 0.6) is 11.5 Å². The van der Waals surface area contributed by atoms with E-state index in [-0.39, 0.29) is 35.0 Å². The van der Waals surface area contributed by atoms with Crippen LogP contribution >= 0.6 is 0 Å². The second-order valence-electron chi connectivity index (χ2n) is 8.68. The van der Waals surface area contributed by atoms with E-state index in [1.165, 1.54) is 6.07 Å². The highest BCUT2D eigenvalue weighted by molar-refractivity contribution is 6.14. The molecule has 1 aromatic heterocycles. The standard InChI is InChI=1S/C25H26O6/c1-5-13(2)21(28)20-22(29)16-11-17(26)25(3,4)31-23(16)19-15(12-18(27)30-24(19)20)14-9-7-6-8-10-14/h6-10,12-13,17,26,29H,5,11H2,1-4H3. The number of aliphatic hydroxyl groups is 1. The van der Waals surface area contributed by atoms with Crippen molar-refractivity contribution in [3.8, 4) is 22.6 Å². The zero-order valence-corrected chi connectivity index (χ0v) is 18.1. The summed E-state index contributed by atoms with van der Waals surface area (Å²) < 4.78 is 11.7. The SMILES string of the molecule is CCC(C)C(=O)c1c(O)c2c(c3c(-c4ccccc4)cc(=O)oc13)OC(C)(C)C(O)C2. The summed E-state index contributed by atoms with van der Waals surface area (Å²) in [4.78, 5) is 25.7. The van der Waals surface area contributed by atoms with Crippen molar-refractivity contribution in [1.29, 1.82) is 0 Å². The number of carbonyl (C=O) groups excluding carboxylic acids is 1. The molecule has 2 aromatic carbocycles. The highest BCUT2D eigenvalue weighted by atomic mass is 16.5. The quantitative estimate of drug-likeness (QED) is 0.476. The van der Waals surface area contributed by atoms with E-state index in [0.717, 1.165) is 5.56 Å². The Morgan fingerprint density at radius 2 is 1.94 bits per heavy atom. The van der Waals surface area contributed by atoms with Gasteiger partial charge >= 0.3 is 5.63 Å². The van der Waals surface area contributed by atoms with Crippen LogP contribution in [0.25, 0.3) is 22.1 Å². The molecule has 0 aliphatic carbocycles. The molecule has 31 heavy (non-hydrogen) atoms. The Balaban J connectivity index is 2.19. The minimum absolute atomic E-state index is 0.0140. The molecule has 1 aliphatic rings. The number of hydrogen-bond acceptors (Lipinski definition) is 6. The Hall–Kier alpha value is -3.12. The first kappa shape index (κ1) is 21.1. The highest BCUT2D eigenvalue weighted by Gasteiger charge is 2.41. The van der Waals surface area contributed by atoms with Crippen LogP contribution in [0.1, 0.15) is 50.0 Å². The second-order valence-corrected chi connectivity index (χ2v) is 8.68. The van der Waals surface area contributed by atoms with E-state index >= 15 is 0 Å². The fraction of sp³-hybridized carbons (Fsp3) is 0.360. The van der Waals surface area contributed by atoms with Crippen molar-refractivity contribution in [1.82, 2.24) is 0 Å². The third-order valence-corrected chi connectivity index (χ3v) is 6.17. The fourth-order valence-electron chi connectivity index (χ4n) is 3.99. The van der Waals surface area contributed by atoms with Crippen molar-refractivity contribution in [2.75, 3.05) is 0 Å². The van der Waals surface area contributed by atoms with Crippen molar-refractivity contribution >= 4 is 16.8 Å². The van der Waals surface area contributed by atoms with E-state index in [2.05, 4.69) is 0 Å². The van der Waals surface area contributed by atoms with E-state index in [4.69, 9.17) is 9.15 Å². The molecule has 1 aliphatic heterocycles. The minimum Gasteiger partial charge on any atom is -0.507 e. The zero-order chi connectivity index (χ0) is 22.5. The van der Waals surface area contributed by atoms with Gasteiger partial charge in [0, 0.05) is 29.5 Å². The predicted octanol–water partition coefficient (Wildman–Crippen LogP) is 4.47. The Bertz CT molecular complexity index is 1220. The molecule has 6 heteroatoms. The molecule has 0 spiro atoms. The number of hydrogen-bond donors (Lipinski definition) is 2. The van der Waals surface area contributed by atoms with Crippen LogP contribution in [0, 0.1) is 5.92 Å². The number of phenolic OH excluding ortho intramolecular Hbond substituents is 1. The number of aliphatic hydroxyl groups excluding tert-OH is 1. The molecule has 2 unspecified atom stereocenters. The van der Waals surface area contributed by atoms with Crippen LogP contribution in [-0.4, -0.2) is 27.7 Å². The first-order valence-electron chi connectivity index (χ1n) is 10.5. The van der Waals surface area contributed by atoms with E-state index in [1.807, 2.05) is 37.3 Å². The summed E-state index contributed by atoms with van der Waals surface area (Å²) in [6.07, 6.45) is -0.213. The number of fused-ring (bicyclic) bond motifs is 3. The van der Waals surface area contributed by atoms with Gasteiger partial charge in [-0.1, -0.05) is 44.2 Å². The third kappa shape index (κ3) is 3.41. The van der Waals surface area contributed by atoms with Gasteiger partial charge in [0.1, 0.15) is 22.7 Å². The molecule has 0 radical (unpaired) electrons. The van der Waals surface area contributed by atoms with E-state index in [1.54, 1.807) is 20.8 Å². The van der Waals surface area contributed by atoms with Gasteiger partial charge in [0.15, 0.2) is 11.4 Å². The van der Waals surface area contributed by atoms with E-state index in [0.29, 0.717) is 28.7 Å². The summed E-state index contributed by atoms with van der Waals surface area (Å²) in [5.74, 6) is -0.675. The fourth-order valence-corrected chi connectivity index (χ4v) is 3.99. The normalized spacial score (nSPS) is 18.3. The molecule has 2 heterocycles. The predicted molar refractivity (Wildman–Crippen MR) is 118 cm³/mol. The summed E-state index contributed by atoms with van der Waals surface area (Å²) in [5.41, 5.74) is 0.0689. The molecule has 162 valence electrons. The molecule has 2 N–H and O–H groups in total. The van der Waals surface area contributed by atoms with Gasteiger partial charge in [-0.2, -0.15) is 0 Å². The van der Waals surface area contributed by atoms with Crippen molar-refractivity contribution in [3.63, 3.8) is 0 Å². The van der Waals surface area contributed by atoms with Crippen LogP contribution in [0.3, 0.4) is 0 Å². The molecule has 4 rings (SSSR count). The maximum Gasteiger partial charge on any atom is 0.336 e. The number of ketones is 1. The van der Waals surface area contributed by atoms with Gasteiger partial charge in [-0.15, -0.1) is 0 Å². The Morgan fingerprint density at radius 1 is 1.26 bits per heavy atom. The average Bonchev–Trinajstić information content (AvgIpc) is 2.74. The van der Waals surface area contributed by atoms with Crippen molar-refractivity contribution in [3.05, 3.63) is 57.9 Å². The molecule has 0 saturated heterocycles. The topological polar surface area (TPSA) is 97.0 Å². The second kappa shape index (κ2) is 7.54. The zero-order valence-electron chi connectivity index (χ0n) is 18.1. The first-order chi connectivity index (χ1) is 14.7. The lowest BCUT2D eigenvalue weighted by Gasteiger charge is -2.38. The molecular weight excluding hydrogens is 396 g/mol. The number of ether oxygens (including phenoxy) is 1. The van der Waals surface area contributed by atoms with Crippen molar-refractivity contribution < 1.29 is 24.2 Å². The molecule has 0 saturated carbocycles. The largest absolute Gasteiger partial charge is 0.507 e.